The number of rotatable bonds is 4. The first-order valence-electron chi connectivity index (χ1n) is 6.43. The van der Waals surface area contributed by atoms with E-state index in [0.717, 1.165) is 21.2 Å². The van der Waals surface area contributed by atoms with Gasteiger partial charge in [-0.1, -0.05) is 46.3 Å². The number of amides is 1. The lowest BCUT2D eigenvalue weighted by Crippen LogP contribution is -2.23. The van der Waals surface area contributed by atoms with Gasteiger partial charge in [0.25, 0.3) is 5.91 Å². The average Bonchev–Trinajstić information content (AvgIpc) is 2.48. The number of hydrogen-bond donors (Lipinski definition) is 2. The second-order valence-electron chi connectivity index (χ2n) is 4.62. The second kappa shape index (κ2) is 6.68. The van der Waals surface area contributed by atoms with Crippen LogP contribution >= 0.6 is 15.9 Å². The van der Waals surface area contributed by atoms with Crippen molar-refractivity contribution in [3.8, 4) is 0 Å². The summed E-state index contributed by atoms with van der Waals surface area (Å²) in [4.78, 5) is 12.2. The van der Waals surface area contributed by atoms with Crippen LogP contribution in [0.1, 0.15) is 27.0 Å². The predicted octanol–water partition coefficient (Wildman–Crippen LogP) is 3.15. The van der Waals surface area contributed by atoms with Crippen LogP contribution in [0.3, 0.4) is 0 Å². The van der Waals surface area contributed by atoms with Crippen molar-refractivity contribution < 1.29 is 4.79 Å². The first-order chi connectivity index (χ1) is 9.61. The summed E-state index contributed by atoms with van der Waals surface area (Å²) >= 11 is 3.43. The molecule has 0 saturated heterocycles. The molecule has 0 fully saturated rings. The molecule has 3 nitrogen and oxygen atoms in total. The van der Waals surface area contributed by atoms with Crippen LogP contribution in [-0.2, 0) is 13.1 Å². The molecule has 0 atom stereocenters. The Morgan fingerprint density at radius 2 is 1.80 bits per heavy atom. The van der Waals surface area contributed by atoms with Gasteiger partial charge in [-0.15, -0.1) is 0 Å². The zero-order valence-corrected chi connectivity index (χ0v) is 12.9. The van der Waals surface area contributed by atoms with Crippen LogP contribution in [0, 0.1) is 6.92 Å². The lowest BCUT2D eigenvalue weighted by molar-refractivity contribution is 0.0950. The highest BCUT2D eigenvalue weighted by Crippen LogP contribution is 2.19. The van der Waals surface area contributed by atoms with Crippen LogP contribution in [-0.4, -0.2) is 5.91 Å². The van der Waals surface area contributed by atoms with Gasteiger partial charge in [0, 0.05) is 23.1 Å². The van der Waals surface area contributed by atoms with Gasteiger partial charge < -0.3 is 11.1 Å². The number of hydrogen-bond acceptors (Lipinski definition) is 2. The van der Waals surface area contributed by atoms with Gasteiger partial charge in [-0.3, -0.25) is 4.79 Å². The van der Waals surface area contributed by atoms with Crippen LogP contribution in [0.4, 0.5) is 0 Å². The first-order valence-corrected chi connectivity index (χ1v) is 7.22. The highest BCUT2D eigenvalue weighted by Gasteiger charge is 2.10. The second-order valence-corrected chi connectivity index (χ2v) is 5.47. The molecule has 104 valence electrons. The van der Waals surface area contributed by atoms with Crippen molar-refractivity contribution in [1.82, 2.24) is 5.32 Å². The Kier molecular flexibility index (Phi) is 4.93. The molecule has 3 N–H and O–H groups in total. The van der Waals surface area contributed by atoms with Crippen molar-refractivity contribution in [2.24, 2.45) is 5.73 Å². The molecule has 0 spiro atoms. The molecule has 0 aliphatic heterocycles. The van der Waals surface area contributed by atoms with Crippen molar-refractivity contribution in [3.05, 3.63) is 69.2 Å². The third kappa shape index (κ3) is 3.46. The van der Waals surface area contributed by atoms with Crippen LogP contribution in [0.2, 0.25) is 0 Å². The SMILES string of the molecule is Cc1c(Br)cccc1C(=O)NCc1ccc(CN)cc1. The Bertz CT molecular complexity index is 608. The molecule has 2 aromatic carbocycles. The molecule has 2 aromatic rings. The largest absolute Gasteiger partial charge is 0.348 e. The molecule has 4 heteroatoms. The third-order valence-electron chi connectivity index (χ3n) is 3.22. The zero-order valence-electron chi connectivity index (χ0n) is 11.3. The van der Waals surface area contributed by atoms with Crippen LogP contribution in [0.25, 0.3) is 0 Å². The molecule has 0 saturated carbocycles. The average molecular weight is 333 g/mol. The van der Waals surface area contributed by atoms with Crippen molar-refractivity contribution in [2.45, 2.75) is 20.0 Å². The van der Waals surface area contributed by atoms with Crippen molar-refractivity contribution in [1.29, 1.82) is 0 Å². The minimum atomic E-state index is -0.0632. The Morgan fingerprint density at radius 1 is 1.15 bits per heavy atom. The molecule has 0 radical (unpaired) electrons. The van der Waals surface area contributed by atoms with Gasteiger partial charge in [0.05, 0.1) is 0 Å². The van der Waals surface area contributed by atoms with Crippen molar-refractivity contribution >= 4 is 21.8 Å². The van der Waals surface area contributed by atoms with Gasteiger partial charge in [-0.05, 0) is 35.7 Å². The number of benzene rings is 2. The molecule has 0 aliphatic rings. The quantitative estimate of drug-likeness (QED) is 0.903. The monoisotopic (exact) mass is 332 g/mol. The van der Waals surface area contributed by atoms with Gasteiger partial charge in [-0.25, -0.2) is 0 Å². The predicted molar refractivity (Wildman–Crippen MR) is 84.4 cm³/mol. The molecular formula is C16H17BrN2O. The van der Waals surface area contributed by atoms with E-state index in [1.165, 1.54) is 0 Å². The molecule has 2 rings (SSSR count). The maximum Gasteiger partial charge on any atom is 0.251 e. The van der Waals surface area contributed by atoms with Gasteiger partial charge in [-0.2, -0.15) is 0 Å². The Morgan fingerprint density at radius 3 is 2.45 bits per heavy atom. The number of nitrogens with two attached hydrogens (primary N) is 1. The van der Waals surface area contributed by atoms with Crippen LogP contribution in [0.15, 0.2) is 46.9 Å². The van der Waals surface area contributed by atoms with Crippen LogP contribution < -0.4 is 11.1 Å². The maximum absolute atomic E-state index is 12.2. The number of nitrogens with one attached hydrogen (secondary N) is 1. The molecule has 20 heavy (non-hydrogen) atoms. The van der Waals surface area contributed by atoms with E-state index in [1.807, 2.05) is 49.4 Å². The molecular weight excluding hydrogens is 316 g/mol. The van der Waals surface area contributed by atoms with E-state index in [4.69, 9.17) is 5.73 Å². The molecule has 0 bridgehead atoms. The summed E-state index contributed by atoms with van der Waals surface area (Å²) in [6.07, 6.45) is 0. The number of halogens is 1. The zero-order chi connectivity index (χ0) is 14.5. The minimum absolute atomic E-state index is 0.0632. The topological polar surface area (TPSA) is 55.1 Å². The van der Waals surface area contributed by atoms with E-state index < -0.39 is 0 Å². The van der Waals surface area contributed by atoms with E-state index in [9.17, 15) is 4.79 Å². The summed E-state index contributed by atoms with van der Waals surface area (Å²) < 4.78 is 0.942. The number of carbonyl (C=O) groups is 1. The summed E-state index contributed by atoms with van der Waals surface area (Å²) in [6.45, 7) is 2.97. The fourth-order valence-electron chi connectivity index (χ4n) is 1.92. The van der Waals surface area contributed by atoms with Gasteiger partial charge >= 0.3 is 0 Å². The molecule has 0 aliphatic carbocycles. The van der Waals surface area contributed by atoms with E-state index in [-0.39, 0.29) is 5.91 Å². The minimum Gasteiger partial charge on any atom is -0.348 e. The van der Waals surface area contributed by atoms with Gasteiger partial charge in [0.1, 0.15) is 0 Å². The molecule has 0 unspecified atom stereocenters. The lowest BCUT2D eigenvalue weighted by atomic mass is 10.1. The van der Waals surface area contributed by atoms with Gasteiger partial charge in [0.2, 0.25) is 0 Å². The fourth-order valence-corrected chi connectivity index (χ4v) is 2.29. The first kappa shape index (κ1) is 14.8. The standard InChI is InChI=1S/C16H17BrN2O/c1-11-14(3-2-4-15(11)17)16(20)19-10-13-7-5-12(9-18)6-8-13/h2-8H,9-10,18H2,1H3,(H,19,20). The molecule has 0 aromatic heterocycles. The molecule has 1 amide bonds. The van der Waals surface area contributed by atoms with E-state index in [0.29, 0.717) is 18.7 Å². The summed E-state index contributed by atoms with van der Waals surface area (Å²) in [6, 6.07) is 13.5. The molecule has 0 heterocycles. The lowest BCUT2D eigenvalue weighted by Gasteiger charge is -2.09. The maximum atomic E-state index is 12.2. The third-order valence-corrected chi connectivity index (χ3v) is 4.08. The summed E-state index contributed by atoms with van der Waals surface area (Å²) in [5, 5.41) is 2.93. The number of carbonyl (C=O) groups excluding carboxylic acids is 1. The Labute approximate surface area is 127 Å². The Balaban J connectivity index is 2.02. The van der Waals surface area contributed by atoms with Gasteiger partial charge in [0.15, 0.2) is 0 Å². The Hall–Kier alpha value is -1.65. The van der Waals surface area contributed by atoms with Crippen LogP contribution in [0.5, 0.6) is 0 Å². The van der Waals surface area contributed by atoms with E-state index >= 15 is 0 Å². The summed E-state index contributed by atoms with van der Waals surface area (Å²) in [7, 11) is 0. The highest BCUT2D eigenvalue weighted by molar-refractivity contribution is 9.10. The summed E-state index contributed by atoms with van der Waals surface area (Å²) in [5.41, 5.74) is 9.34. The van der Waals surface area contributed by atoms with E-state index in [2.05, 4.69) is 21.2 Å². The normalized spacial score (nSPS) is 10.3. The fraction of sp³-hybridized carbons (Fsp3) is 0.188. The van der Waals surface area contributed by atoms with E-state index in [1.54, 1.807) is 0 Å². The smallest absolute Gasteiger partial charge is 0.251 e. The van der Waals surface area contributed by atoms with Crippen molar-refractivity contribution in [3.63, 3.8) is 0 Å². The van der Waals surface area contributed by atoms with Crippen molar-refractivity contribution in [2.75, 3.05) is 0 Å². The highest BCUT2D eigenvalue weighted by atomic mass is 79.9. The summed E-state index contributed by atoms with van der Waals surface area (Å²) in [5.74, 6) is -0.0632.